The van der Waals surface area contributed by atoms with Crippen LogP contribution in [0.4, 0.5) is 0 Å². The number of benzene rings is 1. The van der Waals surface area contributed by atoms with Crippen LogP contribution in [0.2, 0.25) is 0 Å². The molecule has 0 aliphatic heterocycles. The van der Waals surface area contributed by atoms with Gasteiger partial charge in [0.15, 0.2) is 0 Å². The van der Waals surface area contributed by atoms with Crippen LogP contribution in [0.5, 0.6) is 5.75 Å². The Kier molecular flexibility index (Phi) is 4.16. The number of rotatable bonds is 4. The Labute approximate surface area is 133 Å². The van der Waals surface area contributed by atoms with Gasteiger partial charge in [0.25, 0.3) is 0 Å². The van der Waals surface area contributed by atoms with E-state index in [0.29, 0.717) is 10.9 Å². The molecule has 0 amide bonds. The number of nitrogens with zero attached hydrogens (tertiary/aromatic N) is 5. The second kappa shape index (κ2) is 6.23. The Morgan fingerprint density at radius 2 is 1.95 bits per heavy atom. The van der Waals surface area contributed by atoms with Gasteiger partial charge in [0, 0.05) is 16.4 Å². The van der Waals surface area contributed by atoms with Crippen LogP contribution in [0, 0.1) is 0 Å². The third-order valence-corrected chi connectivity index (χ3v) is 4.09. The van der Waals surface area contributed by atoms with Gasteiger partial charge in [0.05, 0.1) is 11.4 Å². The fourth-order valence-electron chi connectivity index (χ4n) is 1.66. The van der Waals surface area contributed by atoms with Gasteiger partial charge in [-0.05, 0) is 62.8 Å². The molecule has 0 radical (unpaired) electrons. The summed E-state index contributed by atoms with van der Waals surface area (Å²) >= 11 is 4.86. The Hall–Kier alpha value is -1.93. The van der Waals surface area contributed by atoms with E-state index in [1.165, 1.54) is 11.8 Å². The van der Waals surface area contributed by atoms with Gasteiger partial charge in [0.1, 0.15) is 5.75 Å². The van der Waals surface area contributed by atoms with Crippen LogP contribution >= 0.6 is 27.7 Å². The van der Waals surface area contributed by atoms with Crippen LogP contribution in [0.15, 0.2) is 52.2 Å². The molecule has 0 unspecified atom stereocenters. The van der Waals surface area contributed by atoms with Crippen LogP contribution in [0.25, 0.3) is 5.69 Å². The number of hydrogen-bond acceptors (Lipinski definition) is 6. The van der Waals surface area contributed by atoms with E-state index in [4.69, 9.17) is 0 Å². The van der Waals surface area contributed by atoms with Gasteiger partial charge in [-0.25, -0.2) is 0 Å². The van der Waals surface area contributed by atoms with E-state index < -0.39 is 0 Å². The average Bonchev–Trinajstić information content (AvgIpc) is 2.96. The molecular formula is C13H10BrN5OS. The number of aromatic nitrogens is 5. The molecule has 0 spiro atoms. The fourth-order valence-corrected chi connectivity index (χ4v) is 2.70. The highest BCUT2D eigenvalue weighted by atomic mass is 79.9. The van der Waals surface area contributed by atoms with Crippen LogP contribution in [0.1, 0.15) is 5.69 Å². The first-order valence-corrected chi connectivity index (χ1v) is 7.81. The molecule has 3 rings (SSSR count). The lowest BCUT2D eigenvalue weighted by Gasteiger charge is -2.04. The fraction of sp³-hybridized carbons (Fsp3) is 0.0769. The van der Waals surface area contributed by atoms with Crippen molar-refractivity contribution in [2.24, 2.45) is 0 Å². The van der Waals surface area contributed by atoms with E-state index in [-0.39, 0.29) is 5.75 Å². The minimum atomic E-state index is 0.208. The second-order valence-corrected chi connectivity index (χ2v) is 6.00. The summed E-state index contributed by atoms with van der Waals surface area (Å²) in [6.07, 6.45) is 1.76. The predicted molar refractivity (Wildman–Crippen MR) is 82.3 cm³/mol. The van der Waals surface area contributed by atoms with Gasteiger partial charge in [-0.15, -0.1) is 5.10 Å². The van der Waals surface area contributed by atoms with Crippen molar-refractivity contribution in [1.29, 1.82) is 0 Å². The summed E-state index contributed by atoms with van der Waals surface area (Å²) < 4.78 is 2.58. The molecule has 2 heterocycles. The molecular weight excluding hydrogens is 354 g/mol. The highest BCUT2D eigenvalue weighted by Crippen LogP contribution is 2.23. The summed E-state index contributed by atoms with van der Waals surface area (Å²) in [7, 11) is 0. The first kappa shape index (κ1) is 14.0. The molecule has 0 saturated heterocycles. The van der Waals surface area contributed by atoms with Crippen molar-refractivity contribution >= 4 is 27.7 Å². The van der Waals surface area contributed by atoms with Gasteiger partial charge >= 0.3 is 0 Å². The molecule has 2 aromatic heterocycles. The molecule has 0 fully saturated rings. The first-order valence-electron chi connectivity index (χ1n) is 6.03. The summed E-state index contributed by atoms with van der Waals surface area (Å²) in [5.41, 5.74) is 1.74. The zero-order chi connectivity index (χ0) is 14.7. The zero-order valence-corrected chi connectivity index (χ0v) is 13.1. The molecule has 0 aliphatic carbocycles. The molecule has 0 aliphatic rings. The number of phenolic OH excluding ortho intramolecular Hbond substituents is 1. The van der Waals surface area contributed by atoms with E-state index in [9.17, 15) is 5.11 Å². The average molecular weight is 364 g/mol. The molecule has 106 valence electrons. The van der Waals surface area contributed by atoms with Crippen molar-refractivity contribution in [1.82, 2.24) is 25.2 Å². The third kappa shape index (κ3) is 3.40. The van der Waals surface area contributed by atoms with Gasteiger partial charge < -0.3 is 5.11 Å². The molecule has 1 aromatic carbocycles. The molecule has 3 aromatic rings. The Balaban J connectivity index is 1.76. The number of aromatic hydroxyl groups is 1. The largest absolute Gasteiger partial charge is 0.508 e. The highest BCUT2D eigenvalue weighted by molar-refractivity contribution is 9.10. The van der Waals surface area contributed by atoms with E-state index in [1.54, 1.807) is 35.1 Å². The van der Waals surface area contributed by atoms with Crippen LogP contribution in [-0.4, -0.2) is 30.3 Å². The summed E-state index contributed by atoms with van der Waals surface area (Å²) in [6.45, 7) is 0. The lowest BCUT2D eigenvalue weighted by Crippen LogP contribution is -1.99. The van der Waals surface area contributed by atoms with Crippen molar-refractivity contribution in [2.75, 3.05) is 0 Å². The standard InChI is InChI=1S/C13H10BrN5OS/c14-9-1-2-10(15-7-9)8-21-13-16-17-18-19(13)11-3-5-12(20)6-4-11/h1-7,20H,8H2. The lowest BCUT2D eigenvalue weighted by molar-refractivity contribution is 0.475. The van der Waals surface area contributed by atoms with Crippen molar-refractivity contribution in [2.45, 2.75) is 10.9 Å². The normalized spacial score (nSPS) is 10.7. The van der Waals surface area contributed by atoms with Crippen molar-refractivity contribution in [3.8, 4) is 11.4 Å². The van der Waals surface area contributed by atoms with Crippen molar-refractivity contribution in [3.63, 3.8) is 0 Å². The lowest BCUT2D eigenvalue weighted by atomic mass is 10.3. The smallest absolute Gasteiger partial charge is 0.214 e. The van der Waals surface area contributed by atoms with E-state index in [0.717, 1.165) is 15.9 Å². The maximum atomic E-state index is 9.32. The first-order chi connectivity index (χ1) is 10.2. The van der Waals surface area contributed by atoms with Gasteiger partial charge in [-0.1, -0.05) is 11.8 Å². The number of halogens is 1. The molecule has 6 nitrogen and oxygen atoms in total. The quantitative estimate of drug-likeness (QED) is 0.718. The highest BCUT2D eigenvalue weighted by Gasteiger charge is 2.09. The van der Waals surface area contributed by atoms with E-state index >= 15 is 0 Å². The van der Waals surface area contributed by atoms with Gasteiger partial charge in [-0.3, -0.25) is 4.98 Å². The van der Waals surface area contributed by atoms with Gasteiger partial charge in [0.2, 0.25) is 5.16 Å². The minimum absolute atomic E-state index is 0.208. The number of phenols is 1. The van der Waals surface area contributed by atoms with Crippen molar-refractivity contribution in [3.05, 3.63) is 52.8 Å². The van der Waals surface area contributed by atoms with E-state index in [2.05, 4.69) is 36.4 Å². The van der Waals surface area contributed by atoms with E-state index in [1.807, 2.05) is 12.1 Å². The topological polar surface area (TPSA) is 76.7 Å². The van der Waals surface area contributed by atoms with Crippen LogP contribution in [0.3, 0.4) is 0 Å². The zero-order valence-electron chi connectivity index (χ0n) is 10.7. The Morgan fingerprint density at radius 1 is 1.14 bits per heavy atom. The molecule has 21 heavy (non-hydrogen) atoms. The number of thioether (sulfide) groups is 1. The van der Waals surface area contributed by atoms with Crippen LogP contribution < -0.4 is 0 Å². The van der Waals surface area contributed by atoms with Crippen LogP contribution in [-0.2, 0) is 5.75 Å². The second-order valence-electron chi connectivity index (χ2n) is 4.15. The number of tetrazole rings is 1. The predicted octanol–water partition coefficient (Wildman–Crippen LogP) is 2.82. The minimum Gasteiger partial charge on any atom is -0.508 e. The maximum Gasteiger partial charge on any atom is 0.214 e. The molecule has 0 saturated carbocycles. The molecule has 0 bridgehead atoms. The Bertz CT molecular complexity index is 729. The number of pyridine rings is 1. The monoisotopic (exact) mass is 363 g/mol. The molecule has 1 N–H and O–H groups in total. The number of hydrogen-bond donors (Lipinski definition) is 1. The molecule has 0 atom stereocenters. The third-order valence-electron chi connectivity index (χ3n) is 2.67. The van der Waals surface area contributed by atoms with Gasteiger partial charge in [-0.2, -0.15) is 4.68 Å². The summed E-state index contributed by atoms with van der Waals surface area (Å²) in [4.78, 5) is 4.31. The summed E-state index contributed by atoms with van der Waals surface area (Å²) in [6, 6.07) is 10.6. The molecule has 8 heteroatoms. The Morgan fingerprint density at radius 3 is 2.67 bits per heavy atom. The van der Waals surface area contributed by atoms with Crippen molar-refractivity contribution < 1.29 is 5.11 Å². The summed E-state index contributed by atoms with van der Waals surface area (Å²) in [5, 5.41) is 21.7. The maximum absolute atomic E-state index is 9.32. The SMILES string of the molecule is Oc1ccc(-n2nnnc2SCc2ccc(Br)cn2)cc1. The summed E-state index contributed by atoms with van der Waals surface area (Å²) in [5.74, 6) is 0.881.